The van der Waals surface area contributed by atoms with Gasteiger partial charge in [-0.05, 0) is 25.0 Å². The van der Waals surface area contributed by atoms with Crippen molar-refractivity contribution in [2.24, 2.45) is 0 Å². The number of nitrogens with one attached hydrogen (secondary N) is 1. The second-order valence-corrected chi connectivity index (χ2v) is 6.57. The van der Waals surface area contributed by atoms with Crippen LogP contribution in [0.1, 0.15) is 32.4 Å². The Labute approximate surface area is 157 Å². The van der Waals surface area contributed by atoms with E-state index in [1.807, 2.05) is 43.0 Å². The van der Waals surface area contributed by atoms with Gasteiger partial charge in [-0.2, -0.15) is 0 Å². The van der Waals surface area contributed by atoms with Gasteiger partial charge in [0.15, 0.2) is 11.9 Å². The molecule has 1 aromatic heterocycles. The molecule has 0 aliphatic carbocycles. The second kappa shape index (κ2) is 8.16. The minimum atomic E-state index is -0.663. The zero-order valence-corrected chi connectivity index (χ0v) is 15.5. The molecule has 0 fully saturated rings. The number of amides is 1. The maximum Gasteiger partial charge on any atom is 0.263 e. The summed E-state index contributed by atoms with van der Waals surface area (Å²) in [5.74, 6) is 0.419. The van der Waals surface area contributed by atoms with Crippen LogP contribution in [0.3, 0.4) is 0 Å². The van der Waals surface area contributed by atoms with Crippen LogP contribution in [0.15, 0.2) is 45.8 Å². The highest BCUT2D eigenvalue weighted by atomic mass is 16.5. The number of aromatic hydroxyl groups is 1. The van der Waals surface area contributed by atoms with Crippen LogP contribution in [-0.2, 0) is 11.3 Å². The molecule has 27 heavy (non-hydrogen) atoms. The molecule has 1 unspecified atom stereocenters. The Hall–Kier alpha value is -2.96. The van der Waals surface area contributed by atoms with Gasteiger partial charge >= 0.3 is 0 Å². The number of hydrogen-bond donors (Lipinski definition) is 2. The summed E-state index contributed by atoms with van der Waals surface area (Å²) < 4.78 is 11.2. The van der Waals surface area contributed by atoms with Crippen molar-refractivity contribution < 1.29 is 19.1 Å². The van der Waals surface area contributed by atoms with E-state index in [9.17, 15) is 14.7 Å². The highest BCUT2D eigenvalue weighted by Gasteiger charge is 2.31. The van der Waals surface area contributed by atoms with E-state index in [-0.39, 0.29) is 18.5 Å². The molecular formula is C20H24N2O5. The van der Waals surface area contributed by atoms with E-state index in [0.717, 1.165) is 24.8 Å². The number of nitrogens with zero attached hydrogens (tertiary/aromatic N) is 1. The summed E-state index contributed by atoms with van der Waals surface area (Å²) in [5.41, 5.74) is 0.320. The number of fused-ring (bicyclic) bond motifs is 1. The van der Waals surface area contributed by atoms with Gasteiger partial charge in [0.1, 0.15) is 17.8 Å². The Bertz CT molecular complexity index is 859. The largest absolute Gasteiger partial charge is 0.502 e. The first-order valence-electron chi connectivity index (χ1n) is 9.13. The molecule has 0 bridgehead atoms. The molecule has 0 spiro atoms. The number of carbonyl (C=O) groups is 1. The third kappa shape index (κ3) is 4.24. The van der Waals surface area contributed by atoms with Gasteiger partial charge < -0.3 is 24.5 Å². The van der Waals surface area contributed by atoms with Crippen LogP contribution >= 0.6 is 0 Å². The van der Waals surface area contributed by atoms with Crippen LogP contribution in [0.25, 0.3) is 0 Å². The Morgan fingerprint density at radius 2 is 2.07 bits per heavy atom. The van der Waals surface area contributed by atoms with Crippen LogP contribution in [0, 0.1) is 0 Å². The number of anilines is 1. The minimum absolute atomic E-state index is 0.113. The molecule has 1 atom stereocenters. The van der Waals surface area contributed by atoms with Crippen molar-refractivity contribution in [3.8, 4) is 11.5 Å². The molecule has 2 heterocycles. The topological polar surface area (TPSA) is 92.0 Å². The highest BCUT2D eigenvalue weighted by Crippen LogP contribution is 2.34. The summed E-state index contributed by atoms with van der Waals surface area (Å²) in [5, 5.41) is 12.4. The number of para-hydroxylation sites is 2. The molecule has 2 aromatic rings. The van der Waals surface area contributed by atoms with Gasteiger partial charge in [-0.15, -0.1) is 0 Å². The smallest absolute Gasteiger partial charge is 0.263 e. The molecule has 144 valence electrons. The first-order valence-corrected chi connectivity index (χ1v) is 9.13. The normalized spacial score (nSPS) is 16.0. The standard InChI is InChI=1S/C20H24N2O5/c1-3-13(4-2)21-20(25)19-11-22(15-7-5-6-8-18(15)27-19)10-14-9-16(23)17(24)12-26-14/h5-9,12-13,19,24H,3-4,10-11H2,1-2H3,(H,21,25). The molecular weight excluding hydrogens is 348 g/mol. The van der Waals surface area contributed by atoms with Gasteiger partial charge in [0, 0.05) is 12.1 Å². The van der Waals surface area contributed by atoms with Crippen molar-refractivity contribution in [3.05, 3.63) is 52.6 Å². The fourth-order valence-corrected chi connectivity index (χ4v) is 3.09. The van der Waals surface area contributed by atoms with Crippen molar-refractivity contribution in [1.29, 1.82) is 0 Å². The van der Waals surface area contributed by atoms with E-state index in [2.05, 4.69) is 5.32 Å². The summed E-state index contributed by atoms with van der Waals surface area (Å²) in [7, 11) is 0. The molecule has 7 heteroatoms. The molecule has 1 aliphatic rings. The number of hydrogen-bond acceptors (Lipinski definition) is 6. The fraction of sp³-hybridized carbons (Fsp3) is 0.400. The van der Waals surface area contributed by atoms with Gasteiger partial charge in [0.25, 0.3) is 5.91 Å². The minimum Gasteiger partial charge on any atom is -0.502 e. The Balaban J connectivity index is 1.83. The van der Waals surface area contributed by atoms with Crippen molar-refractivity contribution in [1.82, 2.24) is 5.32 Å². The third-order valence-corrected chi connectivity index (χ3v) is 4.70. The third-order valence-electron chi connectivity index (χ3n) is 4.70. The SMILES string of the molecule is CCC(CC)NC(=O)C1CN(Cc2cc(=O)c(O)co2)c2ccccc2O1. The monoisotopic (exact) mass is 372 g/mol. The Morgan fingerprint density at radius 3 is 2.78 bits per heavy atom. The molecule has 2 N–H and O–H groups in total. The lowest BCUT2D eigenvalue weighted by molar-refractivity contribution is -0.128. The van der Waals surface area contributed by atoms with E-state index in [4.69, 9.17) is 9.15 Å². The van der Waals surface area contributed by atoms with Crippen LogP contribution < -0.4 is 20.4 Å². The molecule has 1 amide bonds. The zero-order valence-electron chi connectivity index (χ0n) is 15.5. The van der Waals surface area contributed by atoms with Crippen LogP contribution in [0.2, 0.25) is 0 Å². The average molecular weight is 372 g/mol. The maximum absolute atomic E-state index is 12.7. The average Bonchev–Trinajstić information content (AvgIpc) is 2.68. The predicted octanol–water partition coefficient (Wildman–Crippen LogP) is 2.42. The van der Waals surface area contributed by atoms with E-state index >= 15 is 0 Å². The number of benzene rings is 1. The van der Waals surface area contributed by atoms with E-state index < -0.39 is 17.3 Å². The first kappa shape index (κ1) is 18.8. The molecule has 7 nitrogen and oxygen atoms in total. The zero-order chi connectivity index (χ0) is 19.4. The molecule has 0 radical (unpaired) electrons. The van der Waals surface area contributed by atoms with E-state index in [1.54, 1.807) is 0 Å². The van der Waals surface area contributed by atoms with Crippen LogP contribution in [0.5, 0.6) is 11.5 Å². The maximum atomic E-state index is 12.7. The Kier molecular flexibility index (Phi) is 5.69. The molecule has 3 rings (SSSR count). The highest BCUT2D eigenvalue weighted by molar-refractivity contribution is 5.83. The lowest BCUT2D eigenvalue weighted by Crippen LogP contribution is -2.51. The lowest BCUT2D eigenvalue weighted by Gasteiger charge is -2.35. The second-order valence-electron chi connectivity index (χ2n) is 6.57. The molecule has 1 aliphatic heterocycles. The first-order chi connectivity index (χ1) is 13.0. The Morgan fingerprint density at radius 1 is 1.33 bits per heavy atom. The van der Waals surface area contributed by atoms with Crippen molar-refractivity contribution in [2.45, 2.75) is 45.4 Å². The number of carbonyl (C=O) groups excluding carboxylic acids is 1. The predicted molar refractivity (Wildman–Crippen MR) is 101 cm³/mol. The van der Waals surface area contributed by atoms with Gasteiger partial charge in [0.05, 0.1) is 18.8 Å². The van der Waals surface area contributed by atoms with Gasteiger partial charge in [-0.25, -0.2) is 0 Å². The number of rotatable bonds is 6. The summed E-state index contributed by atoms with van der Waals surface area (Å²) in [6.07, 6.45) is 2.08. The summed E-state index contributed by atoms with van der Waals surface area (Å²) in [6, 6.07) is 8.80. The van der Waals surface area contributed by atoms with Crippen molar-refractivity contribution in [3.63, 3.8) is 0 Å². The van der Waals surface area contributed by atoms with Gasteiger partial charge in [-0.1, -0.05) is 26.0 Å². The van der Waals surface area contributed by atoms with E-state index in [0.29, 0.717) is 18.1 Å². The van der Waals surface area contributed by atoms with Crippen molar-refractivity contribution >= 4 is 11.6 Å². The van der Waals surface area contributed by atoms with Gasteiger partial charge in [-0.3, -0.25) is 9.59 Å². The quantitative estimate of drug-likeness (QED) is 0.809. The lowest BCUT2D eigenvalue weighted by atomic mass is 10.1. The van der Waals surface area contributed by atoms with E-state index in [1.165, 1.54) is 6.07 Å². The molecule has 1 aromatic carbocycles. The summed E-state index contributed by atoms with van der Waals surface area (Å²) in [6.45, 7) is 4.67. The van der Waals surface area contributed by atoms with Gasteiger partial charge in [0.2, 0.25) is 5.43 Å². The van der Waals surface area contributed by atoms with Crippen LogP contribution in [-0.4, -0.2) is 29.7 Å². The fourth-order valence-electron chi connectivity index (χ4n) is 3.09. The molecule has 0 saturated carbocycles. The molecule has 0 saturated heterocycles. The summed E-state index contributed by atoms with van der Waals surface area (Å²) in [4.78, 5) is 26.3. The number of ether oxygens (including phenoxy) is 1. The van der Waals surface area contributed by atoms with Crippen LogP contribution in [0.4, 0.5) is 5.69 Å². The summed E-state index contributed by atoms with van der Waals surface area (Å²) >= 11 is 0. The van der Waals surface area contributed by atoms with Crippen molar-refractivity contribution in [2.75, 3.05) is 11.4 Å².